The summed E-state index contributed by atoms with van der Waals surface area (Å²) in [6.07, 6.45) is 3.50. The van der Waals surface area contributed by atoms with Crippen molar-refractivity contribution in [2.45, 2.75) is 57.0 Å². The molecule has 0 radical (unpaired) electrons. The maximum atomic E-state index is 11.7. The molecular weight excluding hydrogens is 244 g/mol. The van der Waals surface area contributed by atoms with Gasteiger partial charge >= 0.3 is 5.97 Å². The van der Waals surface area contributed by atoms with Gasteiger partial charge in [0.25, 0.3) is 0 Å². The molecule has 2 fully saturated rings. The van der Waals surface area contributed by atoms with Crippen LogP contribution in [0.4, 0.5) is 0 Å². The van der Waals surface area contributed by atoms with Gasteiger partial charge in [0.05, 0.1) is 17.8 Å². The summed E-state index contributed by atoms with van der Waals surface area (Å²) < 4.78 is 11.1. The minimum Gasteiger partial charge on any atom is -0.454 e. The number of ether oxygens (including phenoxy) is 2. The van der Waals surface area contributed by atoms with Crippen LogP contribution in [0.3, 0.4) is 0 Å². The number of fused-ring (bicyclic) bond motifs is 2. The van der Waals surface area contributed by atoms with E-state index in [2.05, 4.69) is 13.5 Å². The van der Waals surface area contributed by atoms with Gasteiger partial charge in [-0.2, -0.15) is 0 Å². The van der Waals surface area contributed by atoms with E-state index >= 15 is 0 Å². The second kappa shape index (κ2) is 4.18. The summed E-state index contributed by atoms with van der Waals surface area (Å²) in [5, 5.41) is 10.2. The molecule has 4 heteroatoms. The minimum atomic E-state index is -0.529. The van der Waals surface area contributed by atoms with Crippen LogP contribution in [0.5, 0.6) is 0 Å². The molecule has 3 rings (SSSR count). The number of aliphatic hydroxyl groups is 1. The number of aliphatic hydroxyl groups excluding tert-OH is 1. The number of carbonyl (C=O) groups is 1. The van der Waals surface area contributed by atoms with E-state index in [1.807, 2.05) is 13.0 Å². The minimum absolute atomic E-state index is 0.00873. The second-order valence-electron chi connectivity index (χ2n) is 6.12. The number of hydrogen-bond donors (Lipinski definition) is 1. The van der Waals surface area contributed by atoms with Crippen molar-refractivity contribution in [3.63, 3.8) is 0 Å². The fourth-order valence-electron chi connectivity index (χ4n) is 3.13. The monoisotopic (exact) mass is 264 g/mol. The van der Waals surface area contributed by atoms with E-state index in [9.17, 15) is 9.90 Å². The highest BCUT2D eigenvalue weighted by atomic mass is 16.6. The van der Waals surface area contributed by atoms with Crippen molar-refractivity contribution in [2.24, 2.45) is 5.92 Å². The van der Waals surface area contributed by atoms with Gasteiger partial charge in [0.2, 0.25) is 0 Å². The molecule has 2 saturated heterocycles. The molecule has 3 aliphatic rings. The van der Waals surface area contributed by atoms with Crippen molar-refractivity contribution < 1.29 is 19.4 Å². The van der Waals surface area contributed by atoms with Crippen LogP contribution < -0.4 is 0 Å². The predicted molar refractivity (Wildman–Crippen MR) is 69.4 cm³/mol. The molecule has 0 bridgehead atoms. The van der Waals surface area contributed by atoms with Crippen LogP contribution >= 0.6 is 0 Å². The van der Waals surface area contributed by atoms with Gasteiger partial charge in [-0.3, -0.25) is 0 Å². The SMILES string of the molecule is C=C1C(=O)OC2C=C(C)C(O)CC3OC3(C)CCC12. The Kier molecular flexibility index (Phi) is 2.84. The highest BCUT2D eigenvalue weighted by molar-refractivity contribution is 5.91. The predicted octanol–water partition coefficient (Wildman–Crippen LogP) is 1.73. The standard InChI is InChI=1S/C15H20O4/c1-8-6-12-10(9(2)14(17)18-12)4-5-15(3)13(19-15)7-11(8)16/h6,10-13,16H,2,4-5,7H2,1,3H3. The van der Waals surface area contributed by atoms with Gasteiger partial charge in [0.1, 0.15) is 6.10 Å². The number of esters is 1. The van der Waals surface area contributed by atoms with E-state index in [1.54, 1.807) is 0 Å². The molecular formula is C15H20O4. The third-order valence-corrected chi connectivity index (χ3v) is 4.73. The van der Waals surface area contributed by atoms with Gasteiger partial charge in [0.15, 0.2) is 0 Å². The van der Waals surface area contributed by atoms with E-state index < -0.39 is 6.10 Å². The number of hydrogen-bond acceptors (Lipinski definition) is 4. The maximum absolute atomic E-state index is 11.7. The summed E-state index contributed by atoms with van der Waals surface area (Å²) in [7, 11) is 0. The first kappa shape index (κ1) is 12.9. The van der Waals surface area contributed by atoms with Crippen molar-refractivity contribution in [1.29, 1.82) is 0 Å². The normalized spacial score (nSPS) is 45.9. The van der Waals surface area contributed by atoms with Crippen LogP contribution in [0.1, 0.15) is 33.1 Å². The first-order valence-corrected chi connectivity index (χ1v) is 6.85. The Bertz CT molecular complexity index is 467. The summed E-state index contributed by atoms with van der Waals surface area (Å²) in [5.41, 5.74) is 1.23. The molecule has 5 atom stereocenters. The first-order chi connectivity index (χ1) is 8.90. The van der Waals surface area contributed by atoms with Crippen LogP contribution in [0.2, 0.25) is 0 Å². The molecule has 1 aliphatic carbocycles. The molecule has 19 heavy (non-hydrogen) atoms. The second-order valence-corrected chi connectivity index (χ2v) is 6.12. The Morgan fingerprint density at radius 2 is 2.26 bits per heavy atom. The lowest BCUT2D eigenvalue weighted by molar-refractivity contribution is -0.137. The summed E-state index contributed by atoms with van der Waals surface area (Å²) in [6.45, 7) is 7.79. The Balaban J connectivity index is 1.89. The van der Waals surface area contributed by atoms with E-state index in [1.165, 1.54) is 0 Å². The fourth-order valence-corrected chi connectivity index (χ4v) is 3.13. The zero-order chi connectivity index (χ0) is 13.8. The summed E-state index contributed by atoms with van der Waals surface area (Å²) in [4.78, 5) is 11.7. The van der Waals surface area contributed by atoms with Crippen molar-refractivity contribution >= 4 is 5.97 Å². The average Bonchev–Trinajstić information content (AvgIpc) is 2.89. The number of carbonyl (C=O) groups excluding carboxylic acids is 1. The van der Waals surface area contributed by atoms with Crippen molar-refractivity contribution in [1.82, 2.24) is 0 Å². The van der Waals surface area contributed by atoms with Gasteiger partial charge < -0.3 is 14.6 Å². The van der Waals surface area contributed by atoms with Crippen molar-refractivity contribution in [2.75, 3.05) is 0 Å². The van der Waals surface area contributed by atoms with Gasteiger partial charge in [-0.25, -0.2) is 4.79 Å². The zero-order valence-electron chi connectivity index (χ0n) is 11.4. The molecule has 2 heterocycles. The molecule has 2 aliphatic heterocycles. The lowest BCUT2D eigenvalue weighted by Gasteiger charge is -2.20. The summed E-state index contributed by atoms with van der Waals surface area (Å²) in [5.74, 6) is -0.305. The zero-order valence-corrected chi connectivity index (χ0v) is 11.4. The summed E-state index contributed by atoms with van der Waals surface area (Å²) >= 11 is 0. The van der Waals surface area contributed by atoms with E-state index in [0.717, 1.165) is 18.4 Å². The van der Waals surface area contributed by atoms with Crippen molar-refractivity contribution in [3.8, 4) is 0 Å². The molecule has 0 amide bonds. The Labute approximate surface area is 113 Å². The highest BCUT2D eigenvalue weighted by Crippen LogP contribution is 2.46. The van der Waals surface area contributed by atoms with E-state index in [0.29, 0.717) is 12.0 Å². The molecule has 5 unspecified atom stereocenters. The van der Waals surface area contributed by atoms with Crippen LogP contribution in [0.25, 0.3) is 0 Å². The first-order valence-electron chi connectivity index (χ1n) is 6.85. The Morgan fingerprint density at radius 1 is 1.53 bits per heavy atom. The van der Waals surface area contributed by atoms with Gasteiger partial charge in [-0.1, -0.05) is 6.58 Å². The molecule has 104 valence electrons. The lowest BCUT2D eigenvalue weighted by Crippen LogP contribution is -2.24. The molecule has 0 spiro atoms. The summed E-state index contributed by atoms with van der Waals surface area (Å²) in [6, 6.07) is 0. The largest absolute Gasteiger partial charge is 0.454 e. The van der Waals surface area contributed by atoms with Gasteiger partial charge in [-0.05, 0) is 38.3 Å². The van der Waals surface area contributed by atoms with E-state index in [4.69, 9.17) is 9.47 Å². The molecule has 4 nitrogen and oxygen atoms in total. The third-order valence-electron chi connectivity index (χ3n) is 4.73. The van der Waals surface area contributed by atoms with Gasteiger partial charge in [0, 0.05) is 17.9 Å². The van der Waals surface area contributed by atoms with Crippen LogP contribution in [0, 0.1) is 5.92 Å². The molecule has 1 N–H and O–H groups in total. The Morgan fingerprint density at radius 3 is 3.00 bits per heavy atom. The number of rotatable bonds is 0. The van der Waals surface area contributed by atoms with Crippen LogP contribution in [-0.2, 0) is 14.3 Å². The average molecular weight is 264 g/mol. The molecule has 0 aromatic heterocycles. The number of epoxide rings is 1. The third kappa shape index (κ3) is 2.13. The van der Waals surface area contributed by atoms with Crippen LogP contribution in [0.15, 0.2) is 23.8 Å². The molecule has 0 saturated carbocycles. The molecule has 0 aromatic carbocycles. The molecule has 0 aromatic rings. The van der Waals surface area contributed by atoms with Crippen molar-refractivity contribution in [3.05, 3.63) is 23.8 Å². The van der Waals surface area contributed by atoms with Gasteiger partial charge in [-0.15, -0.1) is 0 Å². The van der Waals surface area contributed by atoms with E-state index in [-0.39, 0.29) is 29.7 Å². The topological polar surface area (TPSA) is 59.1 Å². The maximum Gasteiger partial charge on any atom is 0.334 e. The Hall–Kier alpha value is -1.13. The quantitative estimate of drug-likeness (QED) is 0.313. The fraction of sp³-hybridized carbons (Fsp3) is 0.667. The highest BCUT2D eigenvalue weighted by Gasteiger charge is 2.53. The lowest BCUT2D eigenvalue weighted by atomic mass is 9.84. The van der Waals surface area contributed by atoms with Crippen LogP contribution in [-0.4, -0.2) is 35.0 Å². The smallest absolute Gasteiger partial charge is 0.334 e.